The van der Waals surface area contributed by atoms with Crippen LogP contribution in [0.3, 0.4) is 0 Å². The van der Waals surface area contributed by atoms with E-state index in [1.165, 1.54) is 6.21 Å². The number of nitrogens with one attached hydrogen (secondary N) is 1. The number of benzene rings is 1. The molecular weight excluding hydrogens is 384 g/mol. The van der Waals surface area contributed by atoms with Gasteiger partial charge < -0.3 is 10.6 Å². The van der Waals surface area contributed by atoms with Crippen molar-refractivity contribution < 1.29 is 0 Å². The second-order valence-electron chi connectivity index (χ2n) is 5.94. The lowest BCUT2D eigenvalue weighted by atomic mass is 10.1. The lowest BCUT2D eigenvalue weighted by molar-refractivity contribution is 0.752. The maximum absolute atomic E-state index is 12.4. The molecule has 0 aliphatic carbocycles. The number of aliphatic imine (C=N–C) groups is 1. The molecule has 0 saturated carbocycles. The van der Waals surface area contributed by atoms with Crippen LogP contribution >= 0.6 is 15.9 Å². The van der Waals surface area contributed by atoms with Gasteiger partial charge in [-0.15, -0.1) is 0 Å². The predicted octanol–water partition coefficient (Wildman–Crippen LogP) is 2.52. The Bertz CT molecular complexity index is 930. The van der Waals surface area contributed by atoms with Crippen molar-refractivity contribution in [3.8, 4) is 6.07 Å². The second-order valence-corrected chi connectivity index (χ2v) is 6.85. The van der Waals surface area contributed by atoms with E-state index >= 15 is 0 Å². The summed E-state index contributed by atoms with van der Waals surface area (Å²) < 4.78 is 0.966. The summed E-state index contributed by atoms with van der Waals surface area (Å²) in [6.45, 7) is 3.15. The molecule has 3 rings (SSSR count). The molecular formula is C17H17BrN6O. The van der Waals surface area contributed by atoms with Gasteiger partial charge in [-0.3, -0.25) is 14.8 Å². The number of nitrogens with zero attached hydrogens (tertiary/aromatic N) is 4. The molecule has 1 aromatic heterocycles. The highest BCUT2D eigenvalue weighted by molar-refractivity contribution is 9.10. The minimum absolute atomic E-state index is 0.0480. The molecule has 128 valence electrons. The van der Waals surface area contributed by atoms with Gasteiger partial charge in [-0.05, 0) is 37.1 Å². The molecule has 8 heteroatoms. The maximum Gasteiger partial charge on any atom is 0.263 e. The van der Waals surface area contributed by atoms with Crippen molar-refractivity contribution in [1.29, 1.82) is 5.26 Å². The number of hydrogen-bond donors (Lipinski definition) is 2. The van der Waals surface area contributed by atoms with E-state index < -0.39 is 0 Å². The Morgan fingerprint density at radius 1 is 1.56 bits per heavy atom. The Kier molecular flexibility index (Phi) is 4.86. The van der Waals surface area contributed by atoms with Crippen molar-refractivity contribution in [2.75, 3.05) is 23.7 Å². The molecule has 7 nitrogen and oxygen atoms in total. The third-order valence-electron chi connectivity index (χ3n) is 4.13. The van der Waals surface area contributed by atoms with Gasteiger partial charge in [-0.25, -0.2) is 0 Å². The Morgan fingerprint density at radius 3 is 3.00 bits per heavy atom. The maximum atomic E-state index is 12.4. The van der Waals surface area contributed by atoms with Crippen LogP contribution in [0.1, 0.15) is 17.5 Å². The number of hydrogen-bond acceptors (Lipinski definition) is 6. The number of aromatic amines is 1. The summed E-state index contributed by atoms with van der Waals surface area (Å²) in [4.78, 5) is 25.6. The highest BCUT2D eigenvalue weighted by Gasteiger charge is 2.24. The molecule has 1 fully saturated rings. The molecule has 1 aliphatic heterocycles. The molecule has 2 aromatic rings. The molecule has 1 unspecified atom stereocenters. The molecule has 0 amide bonds. The van der Waals surface area contributed by atoms with Crippen molar-refractivity contribution in [3.63, 3.8) is 0 Å². The van der Waals surface area contributed by atoms with E-state index in [1.54, 1.807) is 0 Å². The Hall–Kier alpha value is -2.66. The van der Waals surface area contributed by atoms with Crippen LogP contribution in [0.4, 0.5) is 17.5 Å². The summed E-state index contributed by atoms with van der Waals surface area (Å²) in [7, 11) is 0. The van der Waals surface area contributed by atoms with Gasteiger partial charge in [0.1, 0.15) is 11.4 Å². The summed E-state index contributed by atoms with van der Waals surface area (Å²) >= 11 is 3.40. The first-order valence-electron chi connectivity index (χ1n) is 7.82. The number of nitrogens with two attached hydrogens (primary N) is 1. The van der Waals surface area contributed by atoms with Gasteiger partial charge in [0, 0.05) is 23.8 Å². The zero-order valence-electron chi connectivity index (χ0n) is 13.7. The van der Waals surface area contributed by atoms with E-state index in [1.807, 2.05) is 30.0 Å². The summed E-state index contributed by atoms with van der Waals surface area (Å²) in [5.74, 6) is 0.475. The molecule has 0 spiro atoms. The highest BCUT2D eigenvalue weighted by Crippen LogP contribution is 2.23. The summed E-state index contributed by atoms with van der Waals surface area (Å²) in [5.41, 5.74) is 7.57. The lowest BCUT2D eigenvalue weighted by Crippen LogP contribution is -2.27. The van der Waals surface area contributed by atoms with Gasteiger partial charge in [0.25, 0.3) is 5.56 Å². The lowest BCUT2D eigenvalue weighted by Gasteiger charge is -2.16. The fourth-order valence-corrected chi connectivity index (χ4v) is 3.19. The van der Waals surface area contributed by atoms with Crippen molar-refractivity contribution >= 4 is 39.6 Å². The first kappa shape index (κ1) is 17.2. The quantitative estimate of drug-likeness (QED) is 0.768. The number of halogens is 1. The summed E-state index contributed by atoms with van der Waals surface area (Å²) in [5, 5.41) is 8.99. The number of aromatic nitrogens is 2. The molecule has 2 heterocycles. The zero-order chi connectivity index (χ0) is 18.0. The molecule has 1 aliphatic rings. The van der Waals surface area contributed by atoms with Gasteiger partial charge in [-0.2, -0.15) is 10.2 Å². The molecule has 1 atom stereocenters. The predicted molar refractivity (Wildman–Crippen MR) is 101 cm³/mol. The third kappa shape index (κ3) is 3.72. The van der Waals surface area contributed by atoms with Crippen LogP contribution in [-0.2, 0) is 0 Å². The van der Waals surface area contributed by atoms with Crippen LogP contribution in [-0.4, -0.2) is 29.3 Å². The zero-order valence-corrected chi connectivity index (χ0v) is 15.2. The molecule has 1 aromatic carbocycles. The SMILES string of the molecule is Cc1cc(Br)ccc1N=Cc1c(N)nc(N2CCC(C#N)C2)[nH]c1=O. The third-order valence-corrected chi connectivity index (χ3v) is 4.63. The first-order chi connectivity index (χ1) is 12.0. The Labute approximate surface area is 153 Å². The average Bonchev–Trinajstić information content (AvgIpc) is 3.04. The van der Waals surface area contributed by atoms with E-state index in [2.05, 4.69) is 37.0 Å². The highest BCUT2D eigenvalue weighted by atomic mass is 79.9. The van der Waals surface area contributed by atoms with E-state index in [-0.39, 0.29) is 22.9 Å². The molecule has 3 N–H and O–H groups in total. The van der Waals surface area contributed by atoms with Crippen molar-refractivity contribution in [2.24, 2.45) is 10.9 Å². The van der Waals surface area contributed by atoms with Crippen LogP contribution in [0.5, 0.6) is 0 Å². The van der Waals surface area contributed by atoms with E-state index in [4.69, 9.17) is 11.0 Å². The number of aryl methyl sites for hydroxylation is 1. The monoisotopic (exact) mass is 400 g/mol. The fraction of sp³-hybridized carbons (Fsp3) is 0.294. The summed E-state index contributed by atoms with van der Waals surface area (Å²) in [6.07, 6.45) is 2.19. The largest absolute Gasteiger partial charge is 0.383 e. The van der Waals surface area contributed by atoms with Gasteiger partial charge in [0.05, 0.1) is 17.7 Å². The van der Waals surface area contributed by atoms with Crippen LogP contribution in [0, 0.1) is 24.2 Å². The van der Waals surface area contributed by atoms with Crippen LogP contribution in [0.15, 0.2) is 32.5 Å². The number of nitriles is 1. The standard InChI is InChI=1S/C17H17BrN6O/c1-10-6-12(18)2-3-14(10)21-8-13-15(20)22-17(23-16(13)25)24-5-4-11(7-19)9-24/h2-3,6,8,11H,4-5,9H2,1H3,(H3,20,22,23,25). The average molecular weight is 401 g/mol. The van der Waals surface area contributed by atoms with Gasteiger partial charge >= 0.3 is 0 Å². The number of rotatable bonds is 3. The van der Waals surface area contributed by atoms with Crippen LogP contribution in [0.2, 0.25) is 0 Å². The molecule has 25 heavy (non-hydrogen) atoms. The number of anilines is 2. The van der Waals surface area contributed by atoms with Crippen molar-refractivity contribution in [2.45, 2.75) is 13.3 Å². The second kappa shape index (κ2) is 7.07. The normalized spacial score (nSPS) is 17.2. The summed E-state index contributed by atoms with van der Waals surface area (Å²) in [6, 6.07) is 7.92. The molecule has 0 bridgehead atoms. The number of H-pyrrole nitrogens is 1. The first-order valence-corrected chi connectivity index (χ1v) is 8.62. The van der Waals surface area contributed by atoms with Gasteiger partial charge in [0.2, 0.25) is 5.95 Å². The smallest absolute Gasteiger partial charge is 0.263 e. The van der Waals surface area contributed by atoms with Gasteiger partial charge in [0.15, 0.2) is 0 Å². The Morgan fingerprint density at radius 2 is 2.36 bits per heavy atom. The topological polar surface area (TPSA) is 111 Å². The molecule has 0 radical (unpaired) electrons. The van der Waals surface area contributed by atoms with Crippen molar-refractivity contribution in [3.05, 3.63) is 44.2 Å². The minimum atomic E-state index is -0.346. The van der Waals surface area contributed by atoms with Crippen LogP contribution in [0.25, 0.3) is 0 Å². The van der Waals surface area contributed by atoms with Crippen LogP contribution < -0.4 is 16.2 Å². The van der Waals surface area contributed by atoms with Gasteiger partial charge in [-0.1, -0.05) is 15.9 Å². The molecule has 1 saturated heterocycles. The van der Waals surface area contributed by atoms with E-state index in [0.29, 0.717) is 19.0 Å². The minimum Gasteiger partial charge on any atom is -0.383 e. The van der Waals surface area contributed by atoms with Crippen molar-refractivity contribution in [1.82, 2.24) is 9.97 Å². The fourth-order valence-electron chi connectivity index (χ4n) is 2.72. The van der Waals surface area contributed by atoms with E-state index in [0.717, 1.165) is 22.1 Å². The number of nitrogen functional groups attached to an aromatic ring is 1. The Balaban J connectivity index is 1.87. The van der Waals surface area contributed by atoms with E-state index in [9.17, 15) is 4.79 Å².